The van der Waals surface area contributed by atoms with Crippen LogP contribution in [-0.2, 0) is 4.74 Å². The van der Waals surface area contributed by atoms with Gasteiger partial charge in [-0.1, -0.05) is 0 Å². The molecular formula is C24H26O13. The Morgan fingerprint density at radius 2 is 1.43 bits per heavy atom. The quantitative estimate of drug-likeness (QED) is 0.266. The van der Waals surface area contributed by atoms with Crippen LogP contribution in [0.5, 0.6) is 40.2 Å². The van der Waals surface area contributed by atoms with Crippen LogP contribution in [0.4, 0.5) is 0 Å². The molecule has 0 spiro atoms. The highest BCUT2D eigenvalue weighted by Crippen LogP contribution is 2.46. The van der Waals surface area contributed by atoms with Crippen molar-refractivity contribution in [3.05, 3.63) is 28.4 Å². The van der Waals surface area contributed by atoms with E-state index < -0.39 is 58.8 Å². The average molecular weight is 522 g/mol. The first kappa shape index (κ1) is 26.2. The van der Waals surface area contributed by atoms with Crippen molar-refractivity contribution in [3.63, 3.8) is 0 Å². The van der Waals surface area contributed by atoms with Gasteiger partial charge < -0.3 is 58.7 Å². The zero-order valence-corrected chi connectivity index (χ0v) is 20.2. The highest BCUT2D eigenvalue weighted by molar-refractivity contribution is 5.93. The van der Waals surface area contributed by atoms with Crippen LogP contribution in [0.1, 0.15) is 6.92 Å². The van der Waals surface area contributed by atoms with Crippen molar-refractivity contribution in [2.75, 3.05) is 21.3 Å². The van der Waals surface area contributed by atoms with Crippen molar-refractivity contribution in [3.8, 4) is 51.6 Å². The van der Waals surface area contributed by atoms with Gasteiger partial charge in [0.2, 0.25) is 29.0 Å². The van der Waals surface area contributed by atoms with E-state index in [4.69, 9.17) is 28.1 Å². The number of aromatic hydroxyl groups is 3. The Bertz CT molecular complexity index is 1360. The molecule has 0 amide bonds. The molecular weight excluding hydrogens is 496 g/mol. The summed E-state index contributed by atoms with van der Waals surface area (Å²) in [7, 11) is 3.78. The minimum absolute atomic E-state index is 0.0603. The molecule has 3 aromatic rings. The number of aliphatic hydroxyl groups is 3. The van der Waals surface area contributed by atoms with E-state index in [0.717, 1.165) is 6.07 Å². The SMILES string of the molecule is COc1cc(-c2oc3c(OC)c(O)cc(O)c3c(=O)c2OC2OC(C)C(O)C(O)C2O)cc(OC)c1O. The molecule has 1 saturated heterocycles. The van der Waals surface area contributed by atoms with Crippen LogP contribution in [0.15, 0.2) is 27.4 Å². The number of benzene rings is 2. The van der Waals surface area contributed by atoms with Gasteiger partial charge in [0.05, 0.1) is 27.4 Å². The lowest BCUT2D eigenvalue weighted by Gasteiger charge is -2.38. The molecule has 2 aromatic carbocycles. The molecule has 1 aliphatic heterocycles. The number of rotatable bonds is 6. The summed E-state index contributed by atoms with van der Waals surface area (Å²) >= 11 is 0. The molecule has 1 aromatic heterocycles. The Hall–Kier alpha value is -3.91. The second-order valence-corrected chi connectivity index (χ2v) is 8.27. The molecule has 5 unspecified atom stereocenters. The summed E-state index contributed by atoms with van der Waals surface area (Å²) in [6.07, 6.45) is -7.50. The molecule has 37 heavy (non-hydrogen) atoms. The summed E-state index contributed by atoms with van der Waals surface area (Å²) in [5.74, 6) is -2.81. The lowest BCUT2D eigenvalue weighted by atomic mass is 10.00. The standard InChI is InChI=1S/C24H26O13/c1-8-15(27)18(30)19(31)24(35-8)37-23-17(29)14-10(25)7-11(26)21(34-4)22(14)36-20(23)9-5-12(32-2)16(28)13(6-9)33-3/h5-8,15,18-19,24-28,30-31H,1-4H3. The fourth-order valence-electron chi connectivity index (χ4n) is 4.04. The first-order valence-electron chi connectivity index (χ1n) is 10.9. The Labute approximate surface area is 209 Å². The van der Waals surface area contributed by atoms with Crippen molar-refractivity contribution in [1.82, 2.24) is 0 Å². The fourth-order valence-corrected chi connectivity index (χ4v) is 4.04. The number of aliphatic hydroxyl groups excluding tert-OH is 3. The third kappa shape index (κ3) is 4.31. The predicted molar refractivity (Wildman–Crippen MR) is 126 cm³/mol. The second kappa shape index (κ2) is 9.86. The maximum atomic E-state index is 13.7. The van der Waals surface area contributed by atoms with E-state index in [9.17, 15) is 35.4 Å². The van der Waals surface area contributed by atoms with Crippen LogP contribution in [-0.4, -0.2) is 82.7 Å². The number of hydrogen-bond donors (Lipinski definition) is 6. The molecule has 1 aliphatic rings. The molecule has 0 bridgehead atoms. The van der Waals surface area contributed by atoms with Crippen molar-refractivity contribution in [2.24, 2.45) is 0 Å². The van der Waals surface area contributed by atoms with E-state index in [1.807, 2.05) is 0 Å². The van der Waals surface area contributed by atoms with Crippen LogP contribution in [0.2, 0.25) is 0 Å². The number of methoxy groups -OCH3 is 3. The van der Waals surface area contributed by atoms with Gasteiger partial charge in [0.1, 0.15) is 29.4 Å². The van der Waals surface area contributed by atoms with Crippen LogP contribution in [0, 0.1) is 0 Å². The Kier molecular flexibility index (Phi) is 6.97. The zero-order chi connectivity index (χ0) is 27.2. The highest BCUT2D eigenvalue weighted by Gasteiger charge is 2.44. The van der Waals surface area contributed by atoms with Crippen LogP contribution in [0.3, 0.4) is 0 Å². The molecule has 0 radical (unpaired) electrons. The summed E-state index contributed by atoms with van der Waals surface area (Å²) in [4.78, 5) is 13.7. The van der Waals surface area contributed by atoms with Gasteiger partial charge in [0.25, 0.3) is 0 Å². The summed E-state index contributed by atoms with van der Waals surface area (Å²) in [6, 6.07) is 3.47. The lowest BCUT2D eigenvalue weighted by Crippen LogP contribution is -2.58. The average Bonchev–Trinajstić information content (AvgIpc) is 2.87. The zero-order valence-electron chi connectivity index (χ0n) is 20.2. The number of hydrogen-bond acceptors (Lipinski definition) is 13. The minimum atomic E-state index is -1.78. The maximum absolute atomic E-state index is 13.7. The van der Waals surface area contributed by atoms with Gasteiger partial charge in [-0.25, -0.2) is 0 Å². The fraction of sp³-hybridized carbons (Fsp3) is 0.375. The van der Waals surface area contributed by atoms with Crippen molar-refractivity contribution in [2.45, 2.75) is 37.6 Å². The van der Waals surface area contributed by atoms with Crippen molar-refractivity contribution in [1.29, 1.82) is 0 Å². The number of ether oxygens (including phenoxy) is 5. The molecule has 0 aliphatic carbocycles. The van der Waals surface area contributed by atoms with Crippen LogP contribution in [0.25, 0.3) is 22.3 Å². The van der Waals surface area contributed by atoms with Gasteiger partial charge in [-0.3, -0.25) is 4.79 Å². The topological polar surface area (TPSA) is 198 Å². The Morgan fingerprint density at radius 1 is 0.811 bits per heavy atom. The van der Waals surface area contributed by atoms with Gasteiger partial charge in [0.15, 0.2) is 28.6 Å². The first-order chi connectivity index (χ1) is 17.5. The van der Waals surface area contributed by atoms with Gasteiger partial charge in [-0.2, -0.15) is 0 Å². The smallest absolute Gasteiger partial charge is 0.239 e. The summed E-state index contributed by atoms with van der Waals surface area (Å²) < 4.78 is 32.6. The van der Waals surface area contributed by atoms with E-state index >= 15 is 0 Å². The van der Waals surface area contributed by atoms with Gasteiger partial charge in [0, 0.05) is 11.6 Å². The van der Waals surface area contributed by atoms with Crippen molar-refractivity contribution < 1.29 is 58.7 Å². The van der Waals surface area contributed by atoms with E-state index in [-0.39, 0.29) is 39.9 Å². The second-order valence-electron chi connectivity index (χ2n) is 8.27. The van der Waals surface area contributed by atoms with E-state index in [0.29, 0.717) is 0 Å². The largest absolute Gasteiger partial charge is 0.507 e. The summed E-state index contributed by atoms with van der Waals surface area (Å²) in [5.41, 5.74) is -1.22. The highest BCUT2D eigenvalue weighted by atomic mass is 16.7. The predicted octanol–water partition coefficient (Wildman–Crippen LogP) is 0.809. The van der Waals surface area contributed by atoms with Crippen LogP contribution < -0.4 is 24.4 Å². The van der Waals surface area contributed by atoms with Gasteiger partial charge >= 0.3 is 0 Å². The molecule has 0 saturated carbocycles. The first-order valence-corrected chi connectivity index (χ1v) is 10.9. The van der Waals surface area contributed by atoms with E-state index in [2.05, 4.69) is 0 Å². The molecule has 6 N–H and O–H groups in total. The van der Waals surface area contributed by atoms with Crippen molar-refractivity contribution >= 4 is 11.0 Å². The third-order valence-electron chi connectivity index (χ3n) is 6.03. The van der Waals surface area contributed by atoms with Gasteiger partial charge in [-0.15, -0.1) is 0 Å². The molecule has 4 rings (SSSR count). The number of phenolic OH excluding ortho intramolecular Hbond substituents is 3. The van der Waals surface area contributed by atoms with Gasteiger partial charge in [-0.05, 0) is 19.1 Å². The van der Waals surface area contributed by atoms with E-state index in [1.165, 1.54) is 40.4 Å². The summed E-state index contributed by atoms with van der Waals surface area (Å²) in [5, 5.41) is 61.2. The Balaban J connectivity index is 2.03. The lowest BCUT2D eigenvalue weighted by molar-refractivity contribution is -0.268. The Morgan fingerprint density at radius 3 is 2.00 bits per heavy atom. The number of phenols is 3. The van der Waals surface area contributed by atoms with Crippen LogP contribution >= 0.6 is 0 Å². The molecule has 200 valence electrons. The normalized spacial score (nSPS) is 23.6. The minimum Gasteiger partial charge on any atom is -0.507 e. The molecule has 13 heteroatoms. The molecule has 1 fully saturated rings. The maximum Gasteiger partial charge on any atom is 0.239 e. The third-order valence-corrected chi connectivity index (χ3v) is 6.03. The monoisotopic (exact) mass is 522 g/mol. The number of fused-ring (bicyclic) bond motifs is 1. The molecule has 5 atom stereocenters. The summed E-state index contributed by atoms with van der Waals surface area (Å²) in [6.45, 7) is 1.43. The molecule has 13 nitrogen and oxygen atoms in total. The van der Waals surface area contributed by atoms with E-state index in [1.54, 1.807) is 0 Å². The molecule has 2 heterocycles.